The number of amides is 1. The van der Waals surface area contributed by atoms with Gasteiger partial charge in [0.1, 0.15) is 0 Å². The summed E-state index contributed by atoms with van der Waals surface area (Å²) in [5.74, 6) is 0.579. The number of hydrogen-bond donors (Lipinski definition) is 2. The summed E-state index contributed by atoms with van der Waals surface area (Å²) in [5.41, 5.74) is 5.01. The topological polar surface area (TPSA) is 61.6 Å². The molecule has 0 aliphatic carbocycles. The van der Waals surface area contributed by atoms with E-state index in [2.05, 4.69) is 36.1 Å². The van der Waals surface area contributed by atoms with Crippen molar-refractivity contribution in [2.45, 2.75) is 45.1 Å². The number of carbonyl (C=O) groups is 1. The second-order valence-corrected chi connectivity index (χ2v) is 6.92. The van der Waals surface area contributed by atoms with Gasteiger partial charge in [0.2, 0.25) is 5.91 Å². The van der Waals surface area contributed by atoms with Crippen LogP contribution in [0.15, 0.2) is 0 Å². The monoisotopic (exact) mass is 298 g/mol. The first kappa shape index (κ1) is 18.4. The average molecular weight is 298 g/mol. The van der Waals surface area contributed by atoms with Gasteiger partial charge < -0.3 is 20.9 Å². The molecule has 1 aliphatic rings. The van der Waals surface area contributed by atoms with Gasteiger partial charge in [-0.3, -0.25) is 4.79 Å². The molecular formula is C16H34N4O. The fourth-order valence-electron chi connectivity index (χ4n) is 2.99. The Morgan fingerprint density at radius 1 is 1.38 bits per heavy atom. The van der Waals surface area contributed by atoms with Crippen LogP contribution in [0.5, 0.6) is 0 Å². The fraction of sp³-hybridized carbons (Fsp3) is 0.938. The van der Waals surface area contributed by atoms with Crippen LogP contribution in [0.2, 0.25) is 0 Å². The summed E-state index contributed by atoms with van der Waals surface area (Å²) in [6.07, 6.45) is 4.32. The summed E-state index contributed by atoms with van der Waals surface area (Å²) in [7, 11) is 4.29. The van der Waals surface area contributed by atoms with E-state index < -0.39 is 5.54 Å². The maximum atomic E-state index is 11.7. The zero-order valence-corrected chi connectivity index (χ0v) is 14.3. The van der Waals surface area contributed by atoms with Crippen LogP contribution in [0.3, 0.4) is 0 Å². The van der Waals surface area contributed by atoms with Crippen molar-refractivity contribution in [2.75, 3.05) is 46.8 Å². The average Bonchev–Trinajstić information content (AvgIpc) is 2.43. The molecule has 1 amide bonds. The zero-order chi connectivity index (χ0) is 15.9. The summed E-state index contributed by atoms with van der Waals surface area (Å²) < 4.78 is 0. The molecule has 0 aromatic carbocycles. The number of nitrogens with two attached hydrogens (primary N) is 1. The van der Waals surface area contributed by atoms with Crippen molar-refractivity contribution in [1.82, 2.24) is 15.1 Å². The summed E-state index contributed by atoms with van der Waals surface area (Å²) >= 11 is 0. The molecular weight excluding hydrogens is 264 g/mol. The van der Waals surface area contributed by atoms with Gasteiger partial charge in [-0.2, -0.15) is 0 Å². The van der Waals surface area contributed by atoms with Crippen molar-refractivity contribution < 1.29 is 4.79 Å². The number of carbonyl (C=O) groups excluding carboxylic acids is 1. The normalized spacial score (nSPS) is 20.6. The molecule has 1 rings (SSSR count). The van der Waals surface area contributed by atoms with Gasteiger partial charge in [0, 0.05) is 13.1 Å². The Labute approximate surface area is 130 Å². The Balaban J connectivity index is 2.35. The molecule has 0 bridgehead atoms. The molecule has 1 saturated heterocycles. The molecule has 0 aromatic rings. The first-order valence-corrected chi connectivity index (χ1v) is 8.29. The Morgan fingerprint density at radius 3 is 2.48 bits per heavy atom. The Kier molecular flexibility index (Phi) is 7.63. The maximum absolute atomic E-state index is 11.7. The van der Waals surface area contributed by atoms with Gasteiger partial charge in [-0.05, 0) is 72.3 Å². The van der Waals surface area contributed by atoms with Crippen LogP contribution in [0, 0.1) is 5.92 Å². The van der Waals surface area contributed by atoms with E-state index in [0.29, 0.717) is 0 Å². The van der Waals surface area contributed by atoms with Crippen LogP contribution in [-0.4, -0.2) is 68.1 Å². The highest BCUT2D eigenvalue weighted by Crippen LogP contribution is 2.19. The largest absolute Gasteiger partial charge is 0.368 e. The van der Waals surface area contributed by atoms with Crippen LogP contribution in [-0.2, 0) is 4.79 Å². The SMILES string of the molecule is CCCNC(C)(CCN1CCC(CN(C)C)CC1)C(N)=O. The number of rotatable bonds is 9. The molecule has 0 radical (unpaired) electrons. The number of primary amides is 1. The number of likely N-dealkylation sites (tertiary alicyclic amines) is 1. The van der Waals surface area contributed by atoms with E-state index in [0.717, 1.165) is 44.9 Å². The minimum Gasteiger partial charge on any atom is -0.368 e. The number of piperidine rings is 1. The van der Waals surface area contributed by atoms with Gasteiger partial charge in [-0.15, -0.1) is 0 Å². The molecule has 5 heteroatoms. The van der Waals surface area contributed by atoms with Crippen molar-refractivity contribution in [3.05, 3.63) is 0 Å². The Hall–Kier alpha value is -0.650. The van der Waals surface area contributed by atoms with Gasteiger partial charge in [-0.1, -0.05) is 6.92 Å². The third-order valence-electron chi connectivity index (χ3n) is 4.57. The highest BCUT2D eigenvalue weighted by atomic mass is 16.1. The summed E-state index contributed by atoms with van der Waals surface area (Å²) in [6, 6.07) is 0. The van der Waals surface area contributed by atoms with Gasteiger partial charge in [-0.25, -0.2) is 0 Å². The Morgan fingerprint density at radius 2 is 2.00 bits per heavy atom. The first-order chi connectivity index (χ1) is 9.87. The van der Waals surface area contributed by atoms with E-state index in [-0.39, 0.29) is 5.91 Å². The molecule has 1 heterocycles. The molecule has 1 aliphatic heterocycles. The predicted octanol–water partition coefficient (Wildman–Crippen LogP) is 0.894. The third-order valence-corrected chi connectivity index (χ3v) is 4.57. The standard InChI is InChI=1S/C16H34N4O/c1-5-9-18-16(2,15(17)21)8-12-20-10-6-14(7-11-20)13-19(3)4/h14,18H,5-13H2,1-4H3,(H2,17,21). The molecule has 1 atom stereocenters. The Bertz CT molecular complexity index is 313. The molecule has 1 unspecified atom stereocenters. The number of nitrogens with one attached hydrogen (secondary N) is 1. The van der Waals surface area contributed by atoms with Crippen molar-refractivity contribution in [2.24, 2.45) is 11.7 Å². The van der Waals surface area contributed by atoms with E-state index in [4.69, 9.17) is 5.73 Å². The quantitative estimate of drug-likeness (QED) is 0.664. The molecule has 0 spiro atoms. The van der Waals surface area contributed by atoms with Crippen LogP contribution in [0.25, 0.3) is 0 Å². The van der Waals surface area contributed by atoms with Crippen molar-refractivity contribution in [3.8, 4) is 0 Å². The summed E-state index contributed by atoms with van der Waals surface area (Å²) in [5, 5.41) is 3.31. The first-order valence-electron chi connectivity index (χ1n) is 8.29. The van der Waals surface area contributed by atoms with Crippen LogP contribution < -0.4 is 11.1 Å². The van der Waals surface area contributed by atoms with Crippen LogP contribution in [0.1, 0.15) is 39.5 Å². The zero-order valence-electron chi connectivity index (χ0n) is 14.3. The second kappa shape index (κ2) is 8.71. The van der Waals surface area contributed by atoms with E-state index in [1.165, 1.54) is 19.4 Å². The van der Waals surface area contributed by atoms with E-state index in [9.17, 15) is 4.79 Å². The molecule has 5 nitrogen and oxygen atoms in total. The van der Waals surface area contributed by atoms with Gasteiger partial charge in [0.05, 0.1) is 5.54 Å². The minimum atomic E-state index is -0.573. The highest BCUT2D eigenvalue weighted by molar-refractivity contribution is 5.84. The molecule has 0 aromatic heterocycles. The predicted molar refractivity (Wildman–Crippen MR) is 88.2 cm³/mol. The molecule has 124 valence electrons. The number of nitrogens with zero attached hydrogens (tertiary/aromatic N) is 2. The smallest absolute Gasteiger partial charge is 0.237 e. The summed E-state index contributed by atoms with van der Waals surface area (Å²) in [6.45, 7) is 9.29. The number of hydrogen-bond acceptors (Lipinski definition) is 4. The molecule has 21 heavy (non-hydrogen) atoms. The fourth-order valence-corrected chi connectivity index (χ4v) is 2.99. The van der Waals surface area contributed by atoms with Crippen molar-refractivity contribution in [1.29, 1.82) is 0 Å². The van der Waals surface area contributed by atoms with E-state index in [1.807, 2.05) is 6.92 Å². The van der Waals surface area contributed by atoms with E-state index in [1.54, 1.807) is 0 Å². The van der Waals surface area contributed by atoms with Crippen molar-refractivity contribution >= 4 is 5.91 Å². The summed E-state index contributed by atoms with van der Waals surface area (Å²) in [4.78, 5) is 16.5. The van der Waals surface area contributed by atoms with E-state index >= 15 is 0 Å². The van der Waals surface area contributed by atoms with Gasteiger partial charge in [0.25, 0.3) is 0 Å². The molecule has 0 saturated carbocycles. The third kappa shape index (κ3) is 6.32. The maximum Gasteiger partial charge on any atom is 0.237 e. The lowest BCUT2D eigenvalue weighted by Crippen LogP contribution is -2.55. The lowest BCUT2D eigenvalue weighted by molar-refractivity contribution is -0.124. The van der Waals surface area contributed by atoms with Gasteiger partial charge in [0.15, 0.2) is 0 Å². The minimum absolute atomic E-state index is 0.238. The second-order valence-electron chi connectivity index (χ2n) is 6.92. The van der Waals surface area contributed by atoms with Crippen LogP contribution in [0.4, 0.5) is 0 Å². The van der Waals surface area contributed by atoms with Gasteiger partial charge >= 0.3 is 0 Å². The molecule has 1 fully saturated rings. The lowest BCUT2D eigenvalue weighted by Gasteiger charge is -2.35. The highest BCUT2D eigenvalue weighted by Gasteiger charge is 2.31. The van der Waals surface area contributed by atoms with Crippen molar-refractivity contribution in [3.63, 3.8) is 0 Å². The van der Waals surface area contributed by atoms with Crippen LogP contribution >= 0.6 is 0 Å². The molecule has 3 N–H and O–H groups in total. The lowest BCUT2D eigenvalue weighted by atomic mass is 9.93.